The van der Waals surface area contributed by atoms with Gasteiger partial charge in [-0.15, -0.1) is 5.10 Å². The number of carbonyl (C=O) groups is 2. The van der Waals surface area contributed by atoms with E-state index in [1.165, 1.54) is 6.07 Å². The number of hydrogen-bond acceptors (Lipinski definition) is 5. The highest BCUT2D eigenvalue weighted by atomic mass is 32.1. The van der Waals surface area contributed by atoms with Crippen molar-refractivity contribution in [2.24, 2.45) is 0 Å². The number of benzene rings is 1. The lowest BCUT2D eigenvalue weighted by Gasteiger charge is -2.04. The van der Waals surface area contributed by atoms with E-state index in [1.807, 2.05) is 6.07 Å². The molecule has 1 heterocycles. The van der Waals surface area contributed by atoms with Crippen molar-refractivity contribution in [3.05, 3.63) is 46.5 Å². The van der Waals surface area contributed by atoms with Crippen LogP contribution >= 0.6 is 11.5 Å². The number of aromatic carboxylic acids is 1. The minimum absolute atomic E-state index is 0.243. The summed E-state index contributed by atoms with van der Waals surface area (Å²) in [5, 5.41) is 16.8. The number of hydrogen-bond donors (Lipinski definition) is 2. The van der Waals surface area contributed by atoms with E-state index < -0.39 is 5.97 Å². The molecule has 6 nitrogen and oxygen atoms in total. The summed E-state index contributed by atoms with van der Waals surface area (Å²) in [6.07, 6.45) is 0.560. The smallest absolute Gasteiger partial charge is 0.335 e. The first kappa shape index (κ1) is 13.2. The van der Waals surface area contributed by atoms with Crippen LogP contribution in [0.15, 0.2) is 29.6 Å². The second-order valence-corrected chi connectivity index (χ2v) is 4.41. The molecule has 0 fully saturated rings. The maximum absolute atomic E-state index is 11.6. The molecule has 0 saturated heterocycles. The predicted molar refractivity (Wildman–Crippen MR) is 69.3 cm³/mol. The van der Waals surface area contributed by atoms with Gasteiger partial charge in [0.1, 0.15) is 0 Å². The maximum atomic E-state index is 11.6. The molecule has 7 heteroatoms. The minimum atomic E-state index is -0.959. The molecule has 0 aliphatic heterocycles. The Bertz CT molecular complexity index is 584. The second kappa shape index (κ2) is 6.05. The quantitative estimate of drug-likeness (QED) is 0.857. The third-order valence-corrected chi connectivity index (χ3v) is 2.97. The van der Waals surface area contributed by atoms with Gasteiger partial charge in [0.15, 0.2) is 5.69 Å². The van der Waals surface area contributed by atoms with Crippen LogP contribution in [0.4, 0.5) is 0 Å². The summed E-state index contributed by atoms with van der Waals surface area (Å²) in [4.78, 5) is 22.4. The van der Waals surface area contributed by atoms with Crippen LogP contribution in [0.3, 0.4) is 0 Å². The summed E-state index contributed by atoms with van der Waals surface area (Å²) in [5.74, 6) is -1.23. The largest absolute Gasteiger partial charge is 0.478 e. The van der Waals surface area contributed by atoms with Crippen molar-refractivity contribution in [1.29, 1.82) is 0 Å². The standard InChI is InChI=1S/C12H11N3O3S/c16-11(10-7-19-15-14-10)13-5-4-8-2-1-3-9(6-8)12(17)18/h1-3,6-7H,4-5H2,(H,13,16)(H,17,18). The number of amides is 1. The molecule has 0 bridgehead atoms. The maximum Gasteiger partial charge on any atom is 0.335 e. The van der Waals surface area contributed by atoms with Gasteiger partial charge >= 0.3 is 5.97 Å². The van der Waals surface area contributed by atoms with Crippen molar-refractivity contribution in [3.63, 3.8) is 0 Å². The van der Waals surface area contributed by atoms with E-state index in [-0.39, 0.29) is 11.5 Å². The normalized spacial score (nSPS) is 10.1. The zero-order valence-electron chi connectivity index (χ0n) is 9.87. The van der Waals surface area contributed by atoms with Gasteiger partial charge in [0.2, 0.25) is 0 Å². The fourth-order valence-electron chi connectivity index (χ4n) is 1.53. The monoisotopic (exact) mass is 277 g/mol. The third-order valence-electron chi connectivity index (χ3n) is 2.47. The highest BCUT2D eigenvalue weighted by Crippen LogP contribution is 2.06. The van der Waals surface area contributed by atoms with E-state index in [2.05, 4.69) is 14.9 Å². The molecule has 0 aliphatic carbocycles. The van der Waals surface area contributed by atoms with Crippen molar-refractivity contribution in [1.82, 2.24) is 14.9 Å². The number of aromatic nitrogens is 2. The number of carbonyl (C=O) groups excluding carboxylic acids is 1. The lowest BCUT2D eigenvalue weighted by molar-refractivity contribution is 0.0696. The lowest BCUT2D eigenvalue weighted by atomic mass is 10.1. The average Bonchev–Trinajstić information content (AvgIpc) is 2.93. The first-order valence-corrected chi connectivity index (χ1v) is 6.38. The van der Waals surface area contributed by atoms with Crippen LogP contribution in [0, 0.1) is 0 Å². The molecule has 0 spiro atoms. The van der Waals surface area contributed by atoms with Crippen molar-refractivity contribution in [3.8, 4) is 0 Å². The van der Waals surface area contributed by atoms with E-state index >= 15 is 0 Å². The molecule has 2 rings (SSSR count). The van der Waals surface area contributed by atoms with Gasteiger partial charge in [-0.2, -0.15) is 0 Å². The van der Waals surface area contributed by atoms with Gasteiger partial charge in [-0.3, -0.25) is 4.79 Å². The van der Waals surface area contributed by atoms with Crippen LogP contribution in [-0.4, -0.2) is 33.1 Å². The molecular weight excluding hydrogens is 266 g/mol. The van der Waals surface area contributed by atoms with Crippen molar-refractivity contribution >= 4 is 23.4 Å². The molecule has 1 aromatic carbocycles. The molecule has 98 valence electrons. The summed E-state index contributed by atoms with van der Waals surface area (Å²) in [7, 11) is 0. The van der Waals surface area contributed by atoms with Gasteiger partial charge in [-0.25, -0.2) is 4.79 Å². The summed E-state index contributed by atoms with van der Waals surface area (Å²) >= 11 is 1.12. The van der Waals surface area contributed by atoms with Crippen LogP contribution in [0.1, 0.15) is 26.4 Å². The summed E-state index contributed by atoms with van der Waals surface area (Å²) < 4.78 is 3.61. The average molecular weight is 277 g/mol. The SMILES string of the molecule is O=C(O)c1cccc(CCNC(=O)c2csnn2)c1. The Morgan fingerprint density at radius 2 is 2.21 bits per heavy atom. The Morgan fingerprint density at radius 1 is 1.37 bits per heavy atom. The van der Waals surface area contributed by atoms with Gasteiger partial charge in [0.05, 0.1) is 5.56 Å². The Balaban J connectivity index is 1.87. The van der Waals surface area contributed by atoms with Gasteiger partial charge in [0.25, 0.3) is 5.91 Å². The molecule has 2 aromatic rings. The van der Waals surface area contributed by atoms with E-state index in [9.17, 15) is 9.59 Å². The summed E-state index contributed by atoms with van der Waals surface area (Å²) in [6.45, 7) is 0.416. The zero-order valence-corrected chi connectivity index (χ0v) is 10.7. The van der Waals surface area contributed by atoms with E-state index in [4.69, 9.17) is 5.11 Å². The molecule has 1 aromatic heterocycles. The molecule has 19 heavy (non-hydrogen) atoms. The summed E-state index contributed by atoms with van der Waals surface area (Å²) in [5.41, 5.74) is 1.40. The number of carboxylic acids is 1. The van der Waals surface area contributed by atoms with E-state index in [0.717, 1.165) is 17.1 Å². The predicted octanol–water partition coefficient (Wildman–Crippen LogP) is 1.21. The second-order valence-electron chi connectivity index (χ2n) is 3.80. The number of carboxylic acid groups (broad SMARTS) is 1. The van der Waals surface area contributed by atoms with Crippen LogP contribution in [-0.2, 0) is 6.42 Å². The van der Waals surface area contributed by atoms with Crippen LogP contribution in [0.25, 0.3) is 0 Å². The Kier molecular flexibility index (Phi) is 4.19. The number of nitrogens with zero attached hydrogens (tertiary/aromatic N) is 2. The molecule has 0 unspecified atom stereocenters. The molecule has 0 aliphatic rings. The van der Waals surface area contributed by atoms with Crippen molar-refractivity contribution < 1.29 is 14.7 Å². The topological polar surface area (TPSA) is 92.2 Å². The first-order valence-electron chi connectivity index (χ1n) is 5.54. The van der Waals surface area contributed by atoms with Gasteiger partial charge < -0.3 is 10.4 Å². The van der Waals surface area contributed by atoms with Crippen LogP contribution < -0.4 is 5.32 Å². The molecule has 0 atom stereocenters. The zero-order chi connectivity index (χ0) is 13.7. The van der Waals surface area contributed by atoms with Gasteiger partial charge in [0, 0.05) is 11.9 Å². The third kappa shape index (κ3) is 3.59. The van der Waals surface area contributed by atoms with Crippen LogP contribution in [0.2, 0.25) is 0 Å². The first-order chi connectivity index (χ1) is 9.16. The van der Waals surface area contributed by atoms with Gasteiger partial charge in [-0.1, -0.05) is 16.6 Å². The Labute approximate surface area is 113 Å². The molecule has 0 saturated carbocycles. The van der Waals surface area contributed by atoms with E-state index in [0.29, 0.717) is 18.7 Å². The van der Waals surface area contributed by atoms with Gasteiger partial charge in [-0.05, 0) is 35.6 Å². The lowest BCUT2D eigenvalue weighted by Crippen LogP contribution is -2.26. The fraction of sp³-hybridized carbons (Fsp3) is 0.167. The Hall–Kier alpha value is -2.28. The van der Waals surface area contributed by atoms with E-state index in [1.54, 1.807) is 17.5 Å². The molecule has 1 amide bonds. The molecule has 0 radical (unpaired) electrons. The van der Waals surface area contributed by atoms with Crippen LogP contribution in [0.5, 0.6) is 0 Å². The molecule has 2 N–H and O–H groups in total. The van der Waals surface area contributed by atoms with Crippen molar-refractivity contribution in [2.45, 2.75) is 6.42 Å². The number of nitrogens with one attached hydrogen (secondary N) is 1. The number of rotatable bonds is 5. The van der Waals surface area contributed by atoms with Crippen molar-refractivity contribution in [2.75, 3.05) is 6.54 Å². The Morgan fingerprint density at radius 3 is 2.89 bits per heavy atom. The fourth-order valence-corrected chi connectivity index (χ4v) is 1.97. The summed E-state index contributed by atoms with van der Waals surface area (Å²) in [6, 6.07) is 6.64. The highest BCUT2D eigenvalue weighted by Gasteiger charge is 2.08. The molecular formula is C12H11N3O3S. The highest BCUT2D eigenvalue weighted by molar-refractivity contribution is 7.03. The minimum Gasteiger partial charge on any atom is -0.478 e.